The van der Waals surface area contributed by atoms with Crippen LogP contribution in [0, 0.1) is 0 Å². The monoisotopic (exact) mass is 2010 g/mol. The highest BCUT2D eigenvalue weighted by Crippen LogP contribution is 2.40. The van der Waals surface area contributed by atoms with Crippen molar-refractivity contribution >= 4 is 118 Å². The largest absolute Gasteiger partial charge is 0.508 e. The van der Waals surface area contributed by atoms with E-state index >= 15 is 0 Å². The van der Waals surface area contributed by atoms with Crippen molar-refractivity contribution < 1.29 is 96.9 Å². The molecule has 8 aromatic carbocycles. The van der Waals surface area contributed by atoms with E-state index in [1.54, 1.807) is 146 Å². The highest BCUT2D eigenvalue weighted by Gasteiger charge is 2.35. The van der Waals surface area contributed by atoms with Crippen LogP contribution in [-0.2, 0) is 83.0 Å². The molecular formula is C112H122N16O20. The van der Waals surface area contributed by atoms with Crippen LogP contribution < -0.4 is 65.5 Å². The third-order valence-electron chi connectivity index (χ3n) is 25.5. The average molecular weight is 2010 g/mol. The van der Waals surface area contributed by atoms with Gasteiger partial charge in [-0.25, -0.2) is 29.1 Å². The number of H-pyrrole nitrogens is 2. The van der Waals surface area contributed by atoms with Crippen LogP contribution in [0.25, 0.3) is 90.9 Å². The number of hydrogen-bond donors (Lipinski definition) is 18. The van der Waals surface area contributed by atoms with E-state index in [9.17, 15) is 78.0 Å². The van der Waals surface area contributed by atoms with Crippen molar-refractivity contribution in [2.75, 3.05) is 54.6 Å². The lowest BCUT2D eigenvalue weighted by Gasteiger charge is -2.22. The predicted octanol–water partition coefficient (Wildman–Crippen LogP) is 10.7. The molecule has 0 saturated carbocycles. The van der Waals surface area contributed by atoms with Gasteiger partial charge >= 0.3 is 23.9 Å². The number of unbranched alkanes of at least 4 members (excludes halogenated alkanes) is 4. The number of carbonyl (C=O) groups is 12. The zero-order valence-corrected chi connectivity index (χ0v) is 82.4. The lowest BCUT2D eigenvalue weighted by molar-refractivity contribution is -0.145. The number of phenolic OH excluding ortho intramolecular Hbond substituents is 4. The second-order valence-electron chi connectivity index (χ2n) is 35.9. The summed E-state index contributed by atoms with van der Waals surface area (Å²) in [6, 6.07) is 48.6. The number of ether oxygens (including phenoxy) is 4. The highest BCUT2D eigenvalue weighted by atomic mass is 16.5. The van der Waals surface area contributed by atoms with Crippen LogP contribution in [0.5, 0.6) is 23.0 Å². The van der Waals surface area contributed by atoms with Crippen molar-refractivity contribution in [3.8, 4) is 67.5 Å². The van der Waals surface area contributed by atoms with E-state index in [0.29, 0.717) is 189 Å². The highest BCUT2D eigenvalue weighted by molar-refractivity contribution is 6.06. The summed E-state index contributed by atoms with van der Waals surface area (Å²) >= 11 is 0. The maximum absolute atomic E-state index is 14.9. The molecule has 0 spiro atoms. The number of fused-ring (bicyclic) bond motifs is 8. The molecule has 770 valence electrons. The molecule has 0 unspecified atom stereocenters. The topological polar surface area (TPSA) is 580 Å². The fourth-order valence-corrected chi connectivity index (χ4v) is 17.5. The van der Waals surface area contributed by atoms with Crippen LogP contribution in [0.3, 0.4) is 0 Å². The molecule has 5 heterocycles. The summed E-state index contributed by atoms with van der Waals surface area (Å²) in [5, 5.41) is 63.7. The Bertz CT molecular complexity index is 6010. The van der Waals surface area contributed by atoms with Crippen molar-refractivity contribution in [2.45, 2.75) is 151 Å². The number of benzene rings is 8. The molecule has 2 aliphatic heterocycles. The Morgan fingerprint density at radius 1 is 0.257 bits per heavy atom. The molecule has 8 atom stereocenters. The van der Waals surface area contributed by atoms with E-state index in [1.165, 1.54) is 77.0 Å². The summed E-state index contributed by atoms with van der Waals surface area (Å²) in [6.45, 7) is 1.36. The lowest BCUT2D eigenvalue weighted by Crippen LogP contribution is -2.52. The Labute approximate surface area is 854 Å². The molecule has 22 N–H and O–H groups in total. The Hall–Kier alpha value is -17.0. The summed E-state index contributed by atoms with van der Waals surface area (Å²) in [7, 11) is 4.82. The number of hydrogen-bond acceptors (Lipinski definition) is 26. The number of aromatic hydroxyl groups is 4. The van der Waals surface area contributed by atoms with Gasteiger partial charge in [-0.3, -0.25) is 38.4 Å². The van der Waals surface area contributed by atoms with Gasteiger partial charge in [0.25, 0.3) is 23.6 Å². The van der Waals surface area contributed by atoms with Gasteiger partial charge in [0, 0.05) is 92.3 Å². The standard InChI is InChI=1S/C112H122N16O20/c1-145-109(141)89(13-5-9-57-113)121-105(137)93(61-65-17-41-77(129)42-18-65)125-101(133)73-33-25-69(26-34-73)97-81-49-51-83(117-81)98(70-27-35-74(36-28-70)102(134)126-94(62-66-19-43-78(130)44-20-66)106(138)122-90(110(142)146-2)14-6-10-58-114)85-53-55-87(119-85)100(72-31-39-76(40-32-72)104(136)128-96(64-68-23-47-80(132)48-24-68)108(140)124-92(112(144)148-4)16-8-12-60-116)88-56-54-86(120-88)99(84-52-50-82(97)118-84)71-29-37-75(38-30-71)103(135)127-95(63-67-21-45-79(131)46-22-67)107(139)123-91(111(143)147-3)15-7-11-59-115/h17-56,89-96,117,120,129-132H,5-16,57-64,113-116H2,1-4H3,(H,121,137)(H,122,138)(H,123,139)(H,124,140)(H,125,133)(H,126,134)(H,127,135)(H,128,136)/t89-,90-,91-,92-,93-,94-,95-,96-/m0/s1. The molecule has 8 bridgehead atoms. The maximum Gasteiger partial charge on any atom is 0.328 e. The van der Waals surface area contributed by atoms with Gasteiger partial charge in [-0.05, 0) is 293 Å². The molecule has 11 aromatic rings. The van der Waals surface area contributed by atoms with Crippen molar-refractivity contribution in [3.05, 3.63) is 286 Å². The van der Waals surface area contributed by atoms with Crippen molar-refractivity contribution in [2.24, 2.45) is 22.9 Å². The van der Waals surface area contributed by atoms with E-state index in [1.807, 2.05) is 48.6 Å². The summed E-state index contributed by atoms with van der Waals surface area (Å²) in [5.74, 6) is -8.36. The number of amides is 8. The first-order chi connectivity index (χ1) is 71.6. The van der Waals surface area contributed by atoms with Crippen LogP contribution >= 0.6 is 0 Å². The molecule has 148 heavy (non-hydrogen) atoms. The molecule has 0 saturated heterocycles. The quantitative estimate of drug-likeness (QED) is 0.00957. The Morgan fingerprint density at radius 2 is 0.446 bits per heavy atom. The van der Waals surface area contributed by atoms with Gasteiger partial charge in [-0.15, -0.1) is 0 Å². The van der Waals surface area contributed by atoms with Crippen LogP contribution in [0.4, 0.5) is 0 Å². The molecule has 13 rings (SSSR count). The minimum Gasteiger partial charge on any atom is -0.508 e. The van der Waals surface area contributed by atoms with E-state index in [2.05, 4.69) is 52.5 Å². The number of aromatic amines is 2. The zero-order chi connectivity index (χ0) is 105. The van der Waals surface area contributed by atoms with Crippen LogP contribution in [0.2, 0.25) is 0 Å². The number of esters is 4. The second-order valence-corrected chi connectivity index (χ2v) is 35.9. The van der Waals surface area contributed by atoms with Crippen molar-refractivity contribution in [1.82, 2.24) is 62.5 Å². The van der Waals surface area contributed by atoms with Crippen molar-refractivity contribution in [1.29, 1.82) is 0 Å². The first kappa shape index (κ1) is 108. The third-order valence-corrected chi connectivity index (χ3v) is 25.5. The Kier molecular flexibility index (Phi) is 38.4. The number of methoxy groups -OCH3 is 4. The van der Waals surface area contributed by atoms with Gasteiger partial charge in [0.05, 0.1) is 51.2 Å². The smallest absolute Gasteiger partial charge is 0.328 e. The van der Waals surface area contributed by atoms with Gasteiger partial charge in [0.1, 0.15) is 71.3 Å². The molecule has 8 amide bonds. The average Bonchev–Trinajstić information content (AvgIpc) is 1.61. The molecule has 0 fully saturated rings. The van der Waals surface area contributed by atoms with E-state index in [4.69, 9.17) is 51.9 Å². The molecule has 36 heteroatoms. The normalized spacial score (nSPS) is 13.0. The summed E-state index contributed by atoms with van der Waals surface area (Å²) in [5.41, 5.74) is 33.2. The molecule has 36 nitrogen and oxygen atoms in total. The Morgan fingerprint density at radius 3 is 0.622 bits per heavy atom. The Balaban J connectivity index is 0.976. The number of aromatic nitrogens is 4. The number of rotatable bonds is 48. The first-order valence-corrected chi connectivity index (χ1v) is 48.8. The van der Waals surface area contributed by atoms with Gasteiger partial charge in [0.15, 0.2) is 0 Å². The summed E-state index contributed by atoms with van der Waals surface area (Å²) in [4.78, 5) is 189. The number of phenols is 4. The molecule has 0 radical (unpaired) electrons. The second kappa shape index (κ2) is 52.5. The fourth-order valence-electron chi connectivity index (χ4n) is 17.5. The van der Waals surface area contributed by atoms with Crippen molar-refractivity contribution in [3.63, 3.8) is 0 Å². The first-order valence-electron chi connectivity index (χ1n) is 48.8. The van der Waals surface area contributed by atoms with Gasteiger partial charge in [0.2, 0.25) is 23.6 Å². The van der Waals surface area contributed by atoms with E-state index in [-0.39, 0.29) is 96.6 Å². The van der Waals surface area contributed by atoms with E-state index < -0.39 is 119 Å². The van der Waals surface area contributed by atoms with Gasteiger partial charge in [-0.1, -0.05) is 97.1 Å². The summed E-state index contributed by atoms with van der Waals surface area (Å²) < 4.78 is 20.3. The molecular weight excluding hydrogens is 1890 g/mol. The van der Waals surface area contributed by atoms with Gasteiger partial charge < -0.3 is 115 Å². The zero-order valence-electron chi connectivity index (χ0n) is 82.4. The van der Waals surface area contributed by atoms with Crippen LogP contribution in [-0.4, -0.2) is 214 Å². The van der Waals surface area contributed by atoms with Crippen LogP contribution in [0.1, 0.15) is 164 Å². The maximum atomic E-state index is 14.9. The fraction of sp³-hybridized carbons (Fsp3) is 0.286. The third kappa shape index (κ3) is 28.8. The lowest BCUT2D eigenvalue weighted by atomic mass is 10.0. The minimum atomic E-state index is -1.28. The van der Waals surface area contributed by atoms with E-state index in [0.717, 1.165) is 0 Å². The van der Waals surface area contributed by atoms with Crippen LogP contribution in [0.15, 0.2) is 218 Å². The summed E-state index contributed by atoms with van der Waals surface area (Å²) in [6.07, 6.45) is 11.9. The predicted molar refractivity (Wildman–Crippen MR) is 560 cm³/mol. The number of nitrogens with one attached hydrogen (secondary N) is 10. The molecule has 0 aliphatic carbocycles. The molecule has 2 aliphatic rings. The minimum absolute atomic E-state index is 0.0316. The number of carbonyl (C=O) groups excluding carboxylic acids is 12. The number of nitrogens with two attached hydrogens (primary N) is 4. The van der Waals surface area contributed by atoms with Gasteiger partial charge in [-0.2, -0.15) is 0 Å². The molecule has 3 aromatic heterocycles. The SMILES string of the molecule is COC(=O)[C@H](CCCCN)NC(=O)[C@H](Cc1ccc(O)cc1)NC(=O)c1ccc(-c2c3nc(c(-c4ccc(C(=O)N[C@@H](Cc5ccc(O)cc5)C(=O)N[C@@H](CCCCN)C(=O)OC)cc4)c4ccc([nH]4)c(-c4ccc(C(=O)N[C@@H](Cc5ccc(O)cc5)C(=O)N[C@@H](CCCCN)C(=O)OC)cc4)c4nc(c(-c5ccc(C(=O)N[C@@H](Cc6ccc(O)cc6)C(=O)N[C@@H](CCCCN)C(=O)OC)cc5)c5ccc2[nH]5)C=C4)C=C3)cc1. The number of nitrogens with zero attached hydrogens (tertiary/aromatic N) is 2.